The highest BCUT2D eigenvalue weighted by Gasteiger charge is 2.32. The Balaban J connectivity index is 1.47. The first-order valence-corrected chi connectivity index (χ1v) is 11.9. The summed E-state index contributed by atoms with van der Waals surface area (Å²) in [5.74, 6) is 0.904. The lowest BCUT2D eigenvalue weighted by atomic mass is 9.92. The molecule has 0 saturated carbocycles. The van der Waals surface area contributed by atoms with Crippen LogP contribution in [0.15, 0.2) is 24.7 Å². The van der Waals surface area contributed by atoms with Gasteiger partial charge in [0.15, 0.2) is 0 Å². The highest BCUT2D eigenvalue weighted by Crippen LogP contribution is 2.35. The summed E-state index contributed by atoms with van der Waals surface area (Å²) >= 11 is 0. The predicted molar refractivity (Wildman–Crippen MR) is 127 cm³/mol. The zero-order chi connectivity index (χ0) is 23.4. The molecule has 1 amide bonds. The Morgan fingerprint density at radius 1 is 1.36 bits per heavy atom. The number of likely N-dealkylation sites (N-methyl/N-ethyl adjacent to an activating group) is 1. The molecule has 180 valence electrons. The lowest BCUT2D eigenvalue weighted by Crippen LogP contribution is -2.50. The molecule has 8 nitrogen and oxygen atoms in total. The summed E-state index contributed by atoms with van der Waals surface area (Å²) < 4.78 is 20.4. The molecule has 2 aliphatic heterocycles. The second kappa shape index (κ2) is 10.6. The Hall–Kier alpha value is -2.52. The highest BCUT2D eigenvalue weighted by atomic mass is 19.1. The number of nitrogens with one attached hydrogen (secondary N) is 2. The van der Waals surface area contributed by atoms with Gasteiger partial charge in [-0.2, -0.15) is 0 Å². The van der Waals surface area contributed by atoms with Gasteiger partial charge in [0, 0.05) is 51.2 Å². The molecule has 2 aromatic rings. The van der Waals surface area contributed by atoms with Crippen molar-refractivity contribution in [2.75, 3.05) is 45.2 Å². The molecule has 2 fully saturated rings. The smallest absolute Gasteiger partial charge is 0.246 e. The number of aromatic amines is 1. The normalized spacial score (nSPS) is 22.7. The van der Waals surface area contributed by atoms with E-state index in [1.54, 1.807) is 11.0 Å². The van der Waals surface area contributed by atoms with Crippen LogP contribution < -0.4 is 5.32 Å². The number of carbonyl (C=O) groups excluding carboxylic acids is 1. The van der Waals surface area contributed by atoms with Crippen molar-refractivity contribution in [2.45, 2.75) is 57.3 Å². The van der Waals surface area contributed by atoms with Crippen molar-refractivity contribution in [3.05, 3.63) is 30.2 Å². The minimum atomic E-state index is -1.06. The maximum atomic E-state index is 14.9. The van der Waals surface area contributed by atoms with E-state index in [0.717, 1.165) is 42.7 Å². The van der Waals surface area contributed by atoms with Gasteiger partial charge in [0.25, 0.3) is 0 Å². The molecule has 0 aromatic carbocycles. The quantitative estimate of drug-likeness (QED) is 0.620. The minimum Gasteiger partial charge on any atom is -0.381 e. The van der Waals surface area contributed by atoms with Crippen LogP contribution in [0.2, 0.25) is 0 Å². The molecule has 4 heterocycles. The molecule has 2 N–H and O–H groups in total. The van der Waals surface area contributed by atoms with Crippen molar-refractivity contribution in [3.8, 4) is 0 Å². The number of carbonyl (C=O) groups is 1. The summed E-state index contributed by atoms with van der Waals surface area (Å²) in [7, 11) is 2.02. The number of anilines is 1. The second-order valence-corrected chi connectivity index (χ2v) is 9.35. The van der Waals surface area contributed by atoms with Gasteiger partial charge in [-0.3, -0.25) is 4.79 Å². The third-order valence-electron chi connectivity index (χ3n) is 6.86. The first-order chi connectivity index (χ1) is 15.9. The Bertz CT molecular complexity index is 971. The van der Waals surface area contributed by atoms with Gasteiger partial charge >= 0.3 is 0 Å². The van der Waals surface area contributed by atoms with Gasteiger partial charge < -0.3 is 24.8 Å². The third-order valence-corrected chi connectivity index (χ3v) is 6.86. The molecule has 2 atom stereocenters. The summed E-state index contributed by atoms with van der Waals surface area (Å²) in [6, 6.07) is -0.116. The highest BCUT2D eigenvalue weighted by molar-refractivity contribution is 5.91. The number of nitrogens with zero attached hydrogens (tertiary/aromatic N) is 4. The largest absolute Gasteiger partial charge is 0.381 e. The molecular weight excluding hydrogens is 423 g/mol. The monoisotopic (exact) mass is 458 g/mol. The van der Waals surface area contributed by atoms with Crippen molar-refractivity contribution >= 4 is 22.8 Å². The first kappa shape index (κ1) is 23.6. The molecule has 0 bridgehead atoms. The lowest BCUT2D eigenvalue weighted by molar-refractivity contribution is -0.127. The summed E-state index contributed by atoms with van der Waals surface area (Å²) in [6.45, 7) is 7.11. The molecule has 0 aliphatic carbocycles. The minimum absolute atomic E-state index is 0.0803. The van der Waals surface area contributed by atoms with E-state index >= 15 is 0 Å². The number of rotatable bonds is 7. The fourth-order valence-electron chi connectivity index (χ4n) is 4.50. The van der Waals surface area contributed by atoms with Gasteiger partial charge in [-0.25, -0.2) is 14.4 Å². The van der Waals surface area contributed by atoms with Gasteiger partial charge in [0.05, 0.1) is 11.4 Å². The number of hydrogen-bond acceptors (Lipinski definition) is 6. The first-order valence-electron chi connectivity index (χ1n) is 11.9. The second-order valence-electron chi connectivity index (χ2n) is 9.35. The SMILES string of the molecule is CC(C)N(C)C/C=C/C(=O)N1CC[C@H](F)[C@@H](Nc2ncnc3[nH]cc(C4CCOCC4)c23)C1. The molecule has 2 aromatic heterocycles. The zero-order valence-corrected chi connectivity index (χ0v) is 19.8. The van der Waals surface area contributed by atoms with E-state index in [1.807, 2.05) is 19.3 Å². The van der Waals surface area contributed by atoms with E-state index in [1.165, 1.54) is 6.33 Å². The molecule has 0 unspecified atom stereocenters. The van der Waals surface area contributed by atoms with Crippen molar-refractivity contribution in [3.63, 3.8) is 0 Å². The summed E-state index contributed by atoms with van der Waals surface area (Å²) in [5, 5.41) is 4.22. The number of likely N-dealkylation sites (tertiary alicyclic amines) is 1. The summed E-state index contributed by atoms with van der Waals surface area (Å²) in [6.07, 6.45) is 8.09. The molecular formula is C24H35FN6O2. The van der Waals surface area contributed by atoms with E-state index < -0.39 is 12.2 Å². The van der Waals surface area contributed by atoms with Crippen molar-refractivity contribution in [1.82, 2.24) is 24.8 Å². The Labute approximate surface area is 194 Å². The number of amides is 1. The Kier molecular flexibility index (Phi) is 7.60. The number of aromatic nitrogens is 3. The standard InChI is InChI=1S/C24H35FN6O2/c1-16(2)30(3)9-4-5-21(32)31-10-6-19(25)20(14-31)29-24-22-18(17-7-11-33-12-8-17)13-26-23(22)27-15-28-24/h4-5,13,15-17,19-20H,6-12,14H2,1-3H3,(H2,26,27,28,29)/b5-4+/t19-,20-/m0/s1. The maximum Gasteiger partial charge on any atom is 0.246 e. The maximum absolute atomic E-state index is 14.9. The van der Waals surface area contributed by atoms with E-state index in [0.29, 0.717) is 43.8 Å². The topological polar surface area (TPSA) is 86.4 Å². The van der Waals surface area contributed by atoms with Gasteiger partial charge in [-0.15, -0.1) is 0 Å². The van der Waals surface area contributed by atoms with Crippen molar-refractivity contribution in [1.29, 1.82) is 0 Å². The van der Waals surface area contributed by atoms with Crippen LogP contribution in [0.3, 0.4) is 0 Å². The van der Waals surface area contributed by atoms with Crippen LogP contribution in [0, 0.1) is 0 Å². The molecule has 2 aliphatic rings. The summed E-state index contributed by atoms with van der Waals surface area (Å²) in [4.78, 5) is 28.6. The lowest BCUT2D eigenvalue weighted by Gasteiger charge is -2.35. The van der Waals surface area contributed by atoms with Crippen molar-refractivity contribution < 1.29 is 13.9 Å². The molecule has 9 heteroatoms. The van der Waals surface area contributed by atoms with Crippen LogP contribution in [0.5, 0.6) is 0 Å². The number of halogens is 1. The predicted octanol–water partition coefficient (Wildman–Crippen LogP) is 3.10. The zero-order valence-electron chi connectivity index (χ0n) is 19.8. The number of H-pyrrole nitrogens is 1. The average molecular weight is 459 g/mol. The van der Waals surface area contributed by atoms with Crippen LogP contribution in [-0.4, -0.2) is 88.8 Å². The molecule has 0 spiro atoms. The van der Waals surface area contributed by atoms with Gasteiger partial charge in [0.2, 0.25) is 5.91 Å². The summed E-state index contributed by atoms with van der Waals surface area (Å²) in [5.41, 5.74) is 1.89. The van der Waals surface area contributed by atoms with Gasteiger partial charge in [0.1, 0.15) is 24.0 Å². The van der Waals surface area contributed by atoms with Crippen LogP contribution in [0.1, 0.15) is 44.6 Å². The van der Waals surface area contributed by atoms with Crippen LogP contribution in [0.25, 0.3) is 11.0 Å². The molecule has 33 heavy (non-hydrogen) atoms. The van der Waals surface area contributed by atoms with E-state index in [2.05, 4.69) is 39.0 Å². The van der Waals surface area contributed by atoms with E-state index in [4.69, 9.17) is 4.74 Å². The number of hydrogen-bond donors (Lipinski definition) is 2. The van der Waals surface area contributed by atoms with Gasteiger partial charge in [-0.1, -0.05) is 6.08 Å². The van der Waals surface area contributed by atoms with E-state index in [9.17, 15) is 9.18 Å². The number of ether oxygens (including phenoxy) is 1. The van der Waals surface area contributed by atoms with Crippen molar-refractivity contribution in [2.24, 2.45) is 0 Å². The van der Waals surface area contributed by atoms with Crippen LogP contribution in [-0.2, 0) is 9.53 Å². The molecule has 4 rings (SSSR count). The van der Waals surface area contributed by atoms with E-state index in [-0.39, 0.29) is 5.91 Å². The number of piperidine rings is 1. The molecule has 2 saturated heterocycles. The Morgan fingerprint density at radius 2 is 2.15 bits per heavy atom. The fourth-order valence-corrected chi connectivity index (χ4v) is 4.50. The fraction of sp³-hybridized carbons (Fsp3) is 0.625. The third kappa shape index (κ3) is 5.52. The van der Waals surface area contributed by atoms with Gasteiger partial charge in [-0.05, 0) is 51.6 Å². The molecule has 0 radical (unpaired) electrons. The number of alkyl halides is 1. The van der Waals surface area contributed by atoms with Crippen LogP contribution in [0.4, 0.5) is 10.2 Å². The van der Waals surface area contributed by atoms with Crippen LogP contribution >= 0.6 is 0 Å². The Morgan fingerprint density at radius 3 is 2.91 bits per heavy atom. The number of fused-ring (bicyclic) bond motifs is 1. The average Bonchev–Trinajstić information content (AvgIpc) is 3.26.